The van der Waals surface area contributed by atoms with Crippen molar-refractivity contribution in [2.24, 2.45) is 0 Å². The number of aromatic amines is 1. The topological polar surface area (TPSA) is 97.9 Å². The molecule has 0 aliphatic carbocycles. The van der Waals surface area contributed by atoms with Gasteiger partial charge in [-0.05, 0) is 62.1 Å². The summed E-state index contributed by atoms with van der Waals surface area (Å²) in [5, 5.41) is 0.897. The van der Waals surface area contributed by atoms with Gasteiger partial charge in [-0.25, -0.2) is 8.42 Å². The number of nitrogens with zero attached hydrogens (tertiary/aromatic N) is 1. The first kappa shape index (κ1) is 22.9. The maximum Gasteiger partial charge on any atom is 0.252 e. The fourth-order valence-electron chi connectivity index (χ4n) is 4.62. The summed E-state index contributed by atoms with van der Waals surface area (Å²) in [5.74, 6) is 0.923. The second-order valence-corrected chi connectivity index (χ2v) is 10.8. The Kier molecular flexibility index (Phi) is 6.09. The number of aromatic nitrogens is 1. The van der Waals surface area contributed by atoms with Crippen LogP contribution >= 0.6 is 0 Å². The Hall–Kier alpha value is -2.88. The quantitative estimate of drug-likeness (QED) is 0.577. The van der Waals surface area contributed by atoms with Crippen LogP contribution in [0.15, 0.2) is 46.1 Å². The average Bonchev–Trinajstić information content (AvgIpc) is 3.32. The number of sulfonamides is 1. The molecule has 9 heteroatoms. The average molecular weight is 485 g/mol. The first-order valence-electron chi connectivity index (χ1n) is 11.5. The van der Waals surface area contributed by atoms with E-state index in [1.54, 1.807) is 12.1 Å². The Bertz CT molecular complexity index is 1390. The molecule has 0 spiro atoms. The first-order chi connectivity index (χ1) is 16.3. The number of nitrogens with one attached hydrogen (secondary N) is 1. The van der Waals surface area contributed by atoms with Crippen LogP contribution in [0.5, 0.6) is 11.5 Å². The van der Waals surface area contributed by atoms with Gasteiger partial charge in [0.25, 0.3) is 5.56 Å². The van der Waals surface area contributed by atoms with Gasteiger partial charge >= 0.3 is 0 Å². The number of H-pyrrole nitrogens is 1. The zero-order chi connectivity index (χ0) is 23.9. The van der Waals surface area contributed by atoms with E-state index in [1.165, 1.54) is 16.4 Å². The lowest BCUT2D eigenvalue weighted by Crippen LogP contribution is -2.38. The molecule has 180 valence electrons. The fraction of sp³-hybridized carbons (Fsp3) is 0.400. The third kappa shape index (κ3) is 4.43. The van der Waals surface area contributed by atoms with Crippen molar-refractivity contribution >= 4 is 20.9 Å². The summed E-state index contributed by atoms with van der Waals surface area (Å²) in [6.07, 6.45) is 1.45. The lowest BCUT2D eigenvalue weighted by Gasteiger charge is -2.26. The molecule has 1 atom stereocenters. The molecule has 0 unspecified atom stereocenters. The maximum atomic E-state index is 13.8. The number of aryl methyl sites for hydroxylation is 2. The van der Waals surface area contributed by atoms with E-state index in [4.69, 9.17) is 14.2 Å². The number of ether oxygens (including phenoxy) is 3. The van der Waals surface area contributed by atoms with Crippen molar-refractivity contribution in [2.75, 3.05) is 26.4 Å². The predicted octanol–water partition coefficient (Wildman–Crippen LogP) is 3.29. The smallest absolute Gasteiger partial charge is 0.252 e. The fourth-order valence-corrected chi connectivity index (χ4v) is 6.09. The molecule has 1 saturated heterocycles. The van der Waals surface area contributed by atoms with E-state index in [9.17, 15) is 13.2 Å². The summed E-state index contributed by atoms with van der Waals surface area (Å²) in [7, 11) is -3.94. The third-order valence-electron chi connectivity index (χ3n) is 6.32. The van der Waals surface area contributed by atoms with Gasteiger partial charge in [0, 0.05) is 42.2 Å². The molecule has 1 fully saturated rings. The standard InChI is InChI=1S/C25H28N2O6S/c1-16-10-17(2)21-12-18(25(28)26-22(21)11-16)14-27(15-19-4-3-7-31-19)34(29,30)20-5-6-23-24(13-20)33-9-8-32-23/h5-6,10-13,19H,3-4,7-9,14-15H2,1-2H3,(H,26,28)/t19-/m0/s1. The lowest BCUT2D eigenvalue weighted by atomic mass is 10.0. The van der Waals surface area contributed by atoms with Crippen molar-refractivity contribution in [1.82, 2.24) is 9.29 Å². The van der Waals surface area contributed by atoms with Gasteiger partial charge in [-0.2, -0.15) is 4.31 Å². The van der Waals surface area contributed by atoms with Crippen molar-refractivity contribution in [2.45, 2.75) is 44.2 Å². The van der Waals surface area contributed by atoms with Crippen LogP contribution in [0.3, 0.4) is 0 Å². The second-order valence-electron chi connectivity index (χ2n) is 8.90. The van der Waals surface area contributed by atoms with Gasteiger partial charge in [0.2, 0.25) is 10.0 Å². The van der Waals surface area contributed by atoms with Crippen LogP contribution in [0.4, 0.5) is 0 Å². The molecule has 2 aliphatic heterocycles. The van der Waals surface area contributed by atoms with Crippen LogP contribution in [-0.4, -0.2) is 50.2 Å². The molecule has 0 bridgehead atoms. The Labute approximate surface area is 198 Å². The number of pyridine rings is 1. The van der Waals surface area contributed by atoms with Crippen molar-refractivity contribution in [3.8, 4) is 11.5 Å². The highest BCUT2D eigenvalue weighted by Gasteiger charge is 2.31. The number of hydrogen-bond acceptors (Lipinski definition) is 6. The van der Waals surface area contributed by atoms with Crippen molar-refractivity contribution in [3.05, 3.63) is 63.4 Å². The van der Waals surface area contributed by atoms with Crippen molar-refractivity contribution in [1.29, 1.82) is 0 Å². The van der Waals surface area contributed by atoms with E-state index in [0.29, 0.717) is 36.9 Å². The van der Waals surface area contributed by atoms with Gasteiger partial charge in [-0.3, -0.25) is 4.79 Å². The van der Waals surface area contributed by atoms with E-state index in [-0.39, 0.29) is 29.6 Å². The summed E-state index contributed by atoms with van der Waals surface area (Å²) in [6.45, 7) is 5.46. The van der Waals surface area contributed by atoms with E-state index in [2.05, 4.69) is 4.98 Å². The molecule has 0 saturated carbocycles. The Balaban J connectivity index is 1.54. The monoisotopic (exact) mass is 484 g/mol. The van der Waals surface area contributed by atoms with Crippen LogP contribution in [-0.2, 0) is 21.3 Å². The number of benzene rings is 2. The highest BCUT2D eigenvalue weighted by Crippen LogP contribution is 2.34. The molecule has 3 heterocycles. The first-order valence-corrected chi connectivity index (χ1v) is 12.9. The molecule has 1 N–H and O–H groups in total. The number of fused-ring (bicyclic) bond motifs is 2. The van der Waals surface area contributed by atoms with E-state index >= 15 is 0 Å². The molecule has 0 amide bonds. The summed E-state index contributed by atoms with van der Waals surface area (Å²) < 4.78 is 45.7. The molecule has 8 nitrogen and oxygen atoms in total. The molecular formula is C25H28N2O6S. The largest absolute Gasteiger partial charge is 0.486 e. The molecule has 1 aromatic heterocycles. The lowest BCUT2D eigenvalue weighted by molar-refractivity contribution is 0.0925. The van der Waals surface area contributed by atoms with E-state index in [1.807, 2.05) is 26.0 Å². The minimum Gasteiger partial charge on any atom is -0.486 e. The third-order valence-corrected chi connectivity index (χ3v) is 8.13. The zero-order valence-corrected chi connectivity index (χ0v) is 20.1. The number of rotatable bonds is 6. The van der Waals surface area contributed by atoms with Crippen LogP contribution in [0.25, 0.3) is 10.9 Å². The van der Waals surface area contributed by atoms with Crippen molar-refractivity contribution < 1.29 is 22.6 Å². The summed E-state index contributed by atoms with van der Waals surface area (Å²) in [4.78, 5) is 16.0. The molecular weight excluding hydrogens is 456 g/mol. The maximum absolute atomic E-state index is 13.8. The minimum absolute atomic E-state index is 0.0603. The molecule has 3 aromatic rings. The summed E-state index contributed by atoms with van der Waals surface area (Å²) >= 11 is 0. The van der Waals surface area contributed by atoms with Gasteiger partial charge in [0.1, 0.15) is 13.2 Å². The van der Waals surface area contributed by atoms with Gasteiger partial charge in [-0.1, -0.05) is 6.07 Å². The highest BCUT2D eigenvalue weighted by molar-refractivity contribution is 7.89. The molecule has 0 radical (unpaired) electrons. The second kappa shape index (κ2) is 9.05. The normalized spacial score (nSPS) is 18.0. The van der Waals surface area contributed by atoms with Gasteiger partial charge in [0.05, 0.1) is 11.0 Å². The minimum atomic E-state index is -3.94. The predicted molar refractivity (Wildman–Crippen MR) is 128 cm³/mol. The molecule has 2 aliphatic rings. The van der Waals surface area contributed by atoms with E-state index in [0.717, 1.165) is 34.9 Å². The SMILES string of the molecule is Cc1cc(C)c2cc(CN(C[C@@H]3CCCO3)S(=O)(=O)c3ccc4c(c3)OCCO4)c(=O)[nH]c2c1. The number of hydrogen-bond donors (Lipinski definition) is 1. The van der Waals surface area contributed by atoms with Crippen LogP contribution < -0.4 is 15.0 Å². The summed E-state index contributed by atoms with van der Waals surface area (Å²) in [6, 6.07) is 10.4. The Morgan fingerprint density at radius 1 is 1.03 bits per heavy atom. The highest BCUT2D eigenvalue weighted by atomic mass is 32.2. The van der Waals surface area contributed by atoms with Crippen LogP contribution in [0.2, 0.25) is 0 Å². The zero-order valence-electron chi connectivity index (χ0n) is 19.3. The van der Waals surface area contributed by atoms with Gasteiger partial charge in [0.15, 0.2) is 11.5 Å². The molecule has 2 aromatic carbocycles. The summed E-state index contributed by atoms with van der Waals surface area (Å²) in [5.41, 5.74) is 2.90. The van der Waals surface area contributed by atoms with Crippen molar-refractivity contribution in [3.63, 3.8) is 0 Å². The Morgan fingerprint density at radius 2 is 1.82 bits per heavy atom. The van der Waals surface area contributed by atoms with Gasteiger partial charge < -0.3 is 19.2 Å². The van der Waals surface area contributed by atoms with Crippen LogP contribution in [0.1, 0.15) is 29.5 Å². The molecule has 34 heavy (non-hydrogen) atoms. The van der Waals surface area contributed by atoms with Crippen LogP contribution in [0, 0.1) is 13.8 Å². The van der Waals surface area contributed by atoms with Gasteiger partial charge in [-0.15, -0.1) is 0 Å². The Morgan fingerprint density at radius 3 is 2.59 bits per heavy atom. The van der Waals surface area contributed by atoms with E-state index < -0.39 is 10.0 Å². The molecule has 5 rings (SSSR count).